The van der Waals surface area contributed by atoms with E-state index in [4.69, 9.17) is 20.1 Å². The highest BCUT2D eigenvalue weighted by Crippen LogP contribution is 2.17. The van der Waals surface area contributed by atoms with Crippen molar-refractivity contribution in [3.8, 4) is 0 Å². The van der Waals surface area contributed by atoms with Crippen LogP contribution in [-0.2, 0) is 4.74 Å². The van der Waals surface area contributed by atoms with Crippen LogP contribution < -0.4 is 0 Å². The lowest BCUT2D eigenvalue weighted by molar-refractivity contribution is -0.226. The summed E-state index contributed by atoms with van der Waals surface area (Å²) < 4.78 is 4.81. The fourth-order valence-corrected chi connectivity index (χ4v) is 1.04. The lowest BCUT2D eigenvalue weighted by Gasteiger charge is -2.32. The van der Waals surface area contributed by atoms with E-state index < -0.39 is 24.6 Å². The molecular formula is C6H12O4. The Morgan fingerprint density at radius 1 is 1.30 bits per heavy atom. The maximum absolute atomic E-state index is 9.08. The van der Waals surface area contributed by atoms with Gasteiger partial charge in [0, 0.05) is 6.42 Å². The minimum Gasteiger partial charge on any atom is -0.390 e. The Hall–Kier alpha value is -0.160. The third-order valence-corrected chi connectivity index (χ3v) is 1.69. The molecule has 10 heavy (non-hydrogen) atoms. The van der Waals surface area contributed by atoms with Gasteiger partial charge >= 0.3 is 0 Å². The highest BCUT2D eigenvalue weighted by atomic mass is 16.6. The topological polar surface area (TPSA) is 69.9 Å². The van der Waals surface area contributed by atoms with Gasteiger partial charge < -0.3 is 20.1 Å². The molecule has 0 radical (unpaired) electrons. The van der Waals surface area contributed by atoms with Crippen LogP contribution in [0.25, 0.3) is 0 Å². The molecule has 0 amide bonds. The van der Waals surface area contributed by atoms with Crippen LogP contribution >= 0.6 is 0 Å². The molecule has 1 unspecified atom stereocenters. The highest BCUT2D eigenvalue weighted by Gasteiger charge is 2.32. The van der Waals surface area contributed by atoms with Crippen LogP contribution in [0.15, 0.2) is 0 Å². The van der Waals surface area contributed by atoms with E-state index in [1.165, 1.54) is 0 Å². The fraction of sp³-hybridized carbons (Fsp3) is 1.00. The van der Waals surface area contributed by atoms with Crippen molar-refractivity contribution in [2.45, 2.75) is 37.9 Å². The summed E-state index contributed by atoms with van der Waals surface area (Å²) in [6.07, 6.45) is -3.07. The molecule has 1 heterocycles. The van der Waals surface area contributed by atoms with E-state index in [1.807, 2.05) is 0 Å². The number of rotatable bonds is 0. The first-order chi connectivity index (χ1) is 4.61. The molecule has 1 aliphatic heterocycles. The molecule has 4 atom stereocenters. The van der Waals surface area contributed by atoms with E-state index in [2.05, 4.69) is 0 Å². The molecular weight excluding hydrogens is 136 g/mol. The Labute approximate surface area is 59.1 Å². The van der Waals surface area contributed by atoms with Crippen LogP contribution in [-0.4, -0.2) is 39.9 Å². The van der Waals surface area contributed by atoms with Crippen LogP contribution in [0.3, 0.4) is 0 Å². The number of aliphatic hydroxyl groups is 3. The molecule has 1 aliphatic rings. The Balaban J connectivity index is 2.49. The lowest BCUT2D eigenvalue weighted by Crippen LogP contribution is -2.46. The van der Waals surface area contributed by atoms with Crippen LogP contribution in [0.2, 0.25) is 0 Å². The van der Waals surface area contributed by atoms with E-state index in [-0.39, 0.29) is 6.42 Å². The van der Waals surface area contributed by atoms with Gasteiger partial charge in [0.2, 0.25) is 0 Å². The van der Waals surface area contributed by atoms with Gasteiger partial charge in [-0.2, -0.15) is 0 Å². The number of hydrogen-bond donors (Lipinski definition) is 3. The van der Waals surface area contributed by atoms with Crippen molar-refractivity contribution in [3.05, 3.63) is 0 Å². The molecule has 60 valence electrons. The first kappa shape index (κ1) is 7.94. The first-order valence-electron chi connectivity index (χ1n) is 3.31. The monoisotopic (exact) mass is 148 g/mol. The standard InChI is InChI=1S/C6H12O4/c1-3-6(9)4(7)2-5(8)10-3/h3-9H,2H2,1H3/t3-,4-,5?,6-/m0/s1. The zero-order valence-electron chi connectivity index (χ0n) is 5.77. The van der Waals surface area contributed by atoms with Gasteiger partial charge in [-0.25, -0.2) is 0 Å². The summed E-state index contributed by atoms with van der Waals surface area (Å²) in [5.74, 6) is 0. The normalized spacial score (nSPS) is 49.2. The largest absolute Gasteiger partial charge is 0.390 e. The molecule has 1 fully saturated rings. The predicted molar refractivity (Wildman–Crippen MR) is 33.2 cm³/mol. The number of aliphatic hydroxyl groups excluding tert-OH is 3. The van der Waals surface area contributed by atoms with Crippen molar-refractivity contribution >= 4 is 0 Å². The van der Waals surface area contributed by atoms with Gasteiger partial charge in [-0.15, -0.1) is 0 Å². The third-order valence-electron chi connectivity index (χ3n) is 1.69. The van der Waals surface area contributed by atoms with Gasteiger partial charge in [-0.3, -0.25) is 0 Å². The van der Waals surface area contributed by atoms with E-state index in [0.29, 0.717) is 0 Å². The van der Waals surface area contributed by atoms with Crippen LogP contribution in [0.1, 0.15) is 13.3 Å². The smallest absolute Gasteiger partial charge is 0.157 e. The van der Waals surface area contributed by atoms with Crippen LogP contribution in [0, 0.1) is 0 Å². The minimum absolute atomic E-state index is 0.0888. The average molecular weight is 148 g/mol. The summed E-state index contributed by atoms with van der Waals surface area (Å²) in [5.41, 5.74) is 0. The maximum Gasteiger partial charge on any atom is 0.157 e. The highest BCUT2D eigenvalue weighted by molar-refractivity contribution is 4.78. The van der Waals surface area contributed by atoms with Gasteiger partial charge in [0.25, 0.3) is 0 Å². The molecule has 0 aromatic rings. The van der Waals surface area contributed by atoms with Crippen molar-refractivity contribution in [1.82, 2.24) is 0 Å². The molecule has 1 rings (SSSR count). The molecule has 0 spiro atoms. The summed E-state index contributed by atoms with van der Waals surface area (Å²) in [4.78, 5) is 0. The molecule has 0 aliphatic carbocycles. The van der Waals surface area contributed by atoms with E-state index in [0.717, 1.165) is 0 Å². The summed E-state index contributed by atoms with van der Waals surface area (Å²) in [6.45, 7) is 1.61. The van der Waals surface area contributed by atoms with Crippen molar-refractivity contribution in [1.29, 1.82) is 0 Å². The molecule has 3 N–H and O–H groups in total. The quantitative estimate of drug-likeness (QED) is 0.405. The minimum atomic E-state index is -0.937. The third kappa shape index (κ3) is 1.46. The average Bonchev–Trinajstić information content (AvgIpc) is 1.82. The summed E-state index contributed by atoms with van der Waals surface area (Å²) in [7, 11) is 0. The molecule has 0 bridgehead atoms. The lowest BCUT2D eigenvalue weighted by atomic mass is 10.0. The Morgan fingerprint density at radius 3 is 2.40 bits per heavy atom. The second kappa shape index (κ2) is 2.84. The SMILES string of the molecule is C[C@@H]1OC(O)C[C@H](O)[C@H]1O. The molecule has 1 saturated heterocycles. The zero-order chi connectivity index (χ0) is 7.72. The first-order valence-corrected chi connectivity index (χ1v) is 3.31. The fourth-order valence-electron chi connectivity index (χ4n) is 1.04. The molecule has 0 aromatic heterocycles. The van der Waals surface area contributed by atoms with Crippen molar-refractivity contribution in [2.75, 3.05) is 0 Å². The van der Waals surface area contributed by atoms with Gasteiger partial charge in [-0.05, 0) is 6.92 Å². The molecule has 0 saturated carbocycles. The predicted octanol–water partition coefficient (Wildman–Crippen LogP) is -1.16. The zero-order valence-corrected chi connectivity index (χ0v) is 5.77. The van der Waals surface area contributed by atoms with Gasteiger partial charge in [-0.1, -0.05) is 0 Å². The second-order valence-corrected chi connectivity index (χ2v) is 2.59. The Morgan fingerprint density at radius 2 is 1.90 bits per heavy atom. The van der Waals surface area contributed by atoms with Crippen molar-refractivity contribution < 1.29 is 20.1 Å². The van der Waals surface area contributed by atoms with Crippen molar-refractivity contribution in [3.63, 3.8) is 0 Å². The van der Waals surface area contributed by atoms with E-state index >= 15 is 0 Å². The van der Waals surface area contributed by atoms with Crippen LogP contribution in [0.5, 0.6) is 0 Å². The van der Waals surface area contributed by atoms with Gasteiger partial charge in [0.15, 0.2) is 6.29 Å². The molecule has 4 nitrogen and oxygen atoms in total. The van der Waals surface area contributed by atoms with Gasteiger partial charge in [0.05, 0.1) is 12.2 Å². The van der Waals surface area contributed by atoms with Gasteiger partial charge in [0.1, 0.15) is 6.10 Å². The van der Waals surface area contributed by atoms with Crippen molar-refractivity contribution in [2.24, 2.45) is 0 Å². The number of ether oxygens (including phenoxy) is 1. The second-order valence-electron chi connectivity index (χ2n) is 2.59. The summed E-state index contributed by atoms with van der Waals surface area (Å²) in [6, 6.07) is 0. The molecule has 0 aromatic carbocycles. The van der Waals surface area contributed by atoms with E-state index in [1.54, 1.807) is 6.92 Å². The maximum atomic E-state index is 9.08. The Bertz CT molecular complexity index is 104. The summed E-state index contributed by atoms with van der Waals surface area (Å²) >= 11 is 0. The number of hydrogen-bond acceptors (Lipinski definition) is 4. The molecule has 4 heteroatoms. The van der Waals surface area contributed by atoms with Crippen LogP contribution in [0.4, 0.5) is 0 Å². The Kier molecular flexibility index (Phi) is 2.25. The van der Waals surface area contributed by atoms with E-state index in [9.17, 15) is 0 Å². The summed E-state index contributed by atoms with van der Waals surface area (Å²) in [5, 5.41) is 27.0.